The van der Waals surface area contributed by atoms with E-state index >= 15 is 0 Å². The molecule has 0 radical (unpaired) electrons. The molecule has 0 bridgehead atoms. The van der Waals surface area contributed by atoms with Gasteiger partial charge in [0.05, 0.1) is 0 Å². The Labute approximate surface area is 313 Å². The average molecular weight is 805 g/mol. The normalized spacial score (nSPS) is 20.4. The van der Waals surface area contributed by atoms with Crippen molar-refractivity contribution >= 4 is 43.3 Å². The minimum absolute atomic E-state index is 0.203. The van der Waals surface area contributed by atoms with Gasteiger partial charge in [0.1, 0.15) is 0 Å². The molecule has 7 rings (SSSR count). The number of benzene rings is 3. The molecule has 5 heteroatoms. The van der Waals surface area contributed by atoms with Crippen LogP contribution >= 0.6 is 28.0 Å². The first-order chi connectivity index (χ1) is 23.3. The van der Waals surface area contributed by atoms with Crippen molar-refractivity contribution in [2.24, 2.45) is 5.41 Å². The molecule has 49 heavy (non-hydrogen) atoms. The molecule has 3 aromatic carbocycles. The van der Waals surface area contributed by atoms with Gasteiger partial charge in [-0.25, -0.2) is 6.54 Å². The maximum absolute atomic E-state index is 6.19. The van der Waals surface area contributed by atoms with Crippen molar-refractivity contribution in [3.8, 4) is 0 Å². The van der Waals surface area contributed by atoms with Crippen molar-refractivity contribution in [1.29, 1.82) is 0 Å². The number of rotatable bonds is 4. The van der Waals surface area contributed by atoms with Crippen LogP contribution in [-0.2, 0) is 13.5 Å². The minimum atomic E-state index is -1.88. The second-order valence-corrected chi connectivity index (χ2v) is 23.8. The van der Waals surface area contributed by atoms with Crippen LogP contribution < -0.4 is 4.90 Å². The summed E-state index contributed by atoms with van der Waals surface area (Å²) in [6.45, 7) is 18.4. The van der Waals surface area contributed by atoms with Gasteiger partial charge in [0, 0.05) is 11.2 Å². The van der Waals surface area contributed by atoms with Gasteiger partial charge >= 0.3 is 120 Å². The van der Waals surface area contributed by atoms with Crippen molar-refractivity contribution in [2.45, 2.75) is 136 Å². The summed E-state index contributed by atoms with van der Waals surface area (Å²) in [4.78, 5) is 2.50. The van der Waals surface area contributed by atoms with Gasteiger partial charge in [0.2, 0.25) is 0 Å². The first kappa shape index (κ1) is 38.9. The third-order valence-corrected chi connectivity index (χ3v) is 15.8. The molecule has 1 aliphatic heterocycles. The summed E-state index contributed by atoms with van der Waals surface area (Å²) in [5.74, 6) is 0. The van der Waals surface area contributed by atoms with Crippen LogP contribution in [0.4, 0.5) is 5.69 Å². The van der Waals surface area contributed by atoms with Gasteiger partial charge in [-0.3, -0.25) is 0 Å². The predicted octanol–water partition coefficient (Wildman–Crippen LogP) is 13.7. The summed E-state index contributed by atoms with van der Waals surface area (Å²) in [6.07, 6.45) is 18.8. The summed E-state index contributed by atoms with van der Waals surface area (Å²) in [6, 6.07) is 23.3. The second kappa shape index (κ2) is 17.5. The SMILES string of the molecule is C1CCC(PC2CCCCC2)CC1.Cc1cc(C)c(N2[CH-]C(C)(C)CC2(C)C)c(C)c1.[Cl][Ru]([Cl])=[C]1C=C(c2ccccc2)c2ccccc21. The van der Waals surface area contributed by atoms with E-state index in [2.05, 4.69) is 108 Å². The zero-order valence-corrected chi connectivity index (χ0v) is 35.2. The van der Waals surface area contributed by atoms with E-state index in [4.69, 9.17) is 19.4 Å². The third-order valence-electron chi connectivity index (χ3n) is 10.5. The van der Waals surface area contributed by atoms with Gasteiger partial charge in [0.25, 0.3) is 0 Å². The molecule has 0 amide bonds. The molecule has 3 aliphatic carbocycles. The Morgan fingerprint density at radius 2 is 1.22 bits per heavy atom. The van der Waals surface area contributed by atoms with Crippen LogP contribution in [0.1, 0.15) is 132 Å². The molecule has 1 heterocycles. The summed E-state index contributed by atoms with van der Waals surface area (Å²) in [5.41, 5.74) is 13.2. The fourth-order valence-corrected chi connectivity index (χ4v) is 13.4. The number of halogens is 2. The van der Waals surface area contributed by atoms with E-state index in [1.165, 1.54) is 98.2 Å². The molecular formula is C44H59Cl2NPRu-. The first-order valence-electron chi connectivity index (χ1n) is 18.6. The zero-order valence-electron chi connectivity index (χ0n) is 31.0. The predicted molar refractivity (Wildman–Crippen MR) is 218 cm³/mol. The maximum atomic E-state index is 6.19. The molecule has 1 saturated heterocycles. The molecule has 3 fully saturated rings. The van der Waals surface area contributed by atoms with Crippen LogP contribution in [0.2, 0.25) is 0 Å². The number of hydrogen-bond acceptors (Lipinski definition) is 1. The molecule has 4 aliphatic rings. The summed E-state index contributed by atoms with van der Waals surface area (Å²) < 4.78 is 1.12. The van der Waals surface area contributed by atoms with Gasteiger partial charge in [-0.15, -0.1) is 14.0 Å². The third kappa shape index (κ3) is 10.4. The molecule has 1 nitrogen and oxygen atoms in total. The molecular weight excluding hydrogens is 745 g/mol. The van der Waals surface area contributed by atoms with Gasteiger partial charge in [0.15, 0.2) is 0 Å². The Bertz CT molecular complexity index is 1570. The summed E-state index contributed by atoms with van der Waals surface area (Å²) >= 11 is -1.88. The molecule has 0 aromatic heterocycles. The molecule has 268 valence electrons. The number of allylic oxidation sites excluding steroid dienone is 1. The number of fused-ring (bicyclic) bond motifs is 1. The standard InChI is InChI=1S/C17H26N.C15H10.C12H23P.2ClH.Ru/c1-12-8-13(2)15(14(3)9-12)18-11-16(4,5)10-17(18,6)7;1-2-6-12(7-3-1)15-11-10-13-8-4-5-9-14(13)15;1-3-7-11(8-4-1)13-12-9-5-2-6-10-12;;;/h8-9,11H,10H2,1-7H3;1-9,11H;11-13H,1-10H2;2*1H;/q-1;;;;;+2/p-2. The van der Waals surface area contributed by atoms with Crippen LogP contribution in [0.25, 0.3) is 5.57 Å². The summed E-state index contributed by atoms with van der Waals surface area (Å²) in [7, 11) is 13.7. The Balaban J connectivity index is 0.000000145. The Morgan fingerprint density at radius 1 is 0.714 bits per heavy atom. The molecule has 2 saturated carbocycles. The van der Waals surface area contributed by atoms with Crippen LogP contribution in [0, 0.1) is 32.7 Å². The van der Waals surface area contributed by atoms with Crippen LogP contribution in [0.5, 0.6) is 0 Å². The molecule has 3 aromatic rings. The van der Waals surface area contributed by atoms with Crippen molar-refractivity contribution in [3.05, 3.63) is 113 Å². The van der Waals surface area contributed by atoms with Crippen LogP contribution in [0.3, 0.4) is 0 Å². The van der Waals surface area contributed by atoms with E-state index in [0.717, 1.165) is 15.4 Å². The quantitative estimate of drug-likeness (QED) is 0.144. The molecule has 0 atom stereocenters. The van der Waals surface area contributed by atoms with Crippen LogP contribution in [0.15, 0.2) is 72.8 Å². The van der Waals surface area contributed by atoms with E-state index in [1.54, 1.807) is 25.7 Å². The fraction of sp³-hybridized carbons (Fsp3) is 0.500. The van der Waals surface area contributed by atoms with Crippen molar-refractivity contribution in [1.82, 2.24) is 0 Å². The number of hydrogen-bond donors (Lipinski definition) is 0. The van der Waals surface area contributed by atoms with Crippen molar-refractivity contribution in [3.63, 3.8) is 0 Å². The average Bonchev–Trinajstić information content (AvgIpc) is 3.56. The Kier molecular flexibility index (Phi) is 13.9. The number of anilines is 1. The zero-order chi connectivity index (χ0) is 35.2. The topological polar surface area (TPSA) is 3.24 Å². The van der Waals surface area contributed by atoms with Gasteiger partial charge in [-0.1, -0.05) is 76.5 Å². The van der Waals surface area contributed by atoms with Crippen molar-refractivity contribution < 1.29 is 13.5 Å². The second-order valence-electron chi connectivity index (χ2n) is 16.0. The first-order valence-corrected chi connectivity index (χ1v) is 25.1. The Hall–Kier alpha value is -1.30. The molecule has 0 N–H and O–H groups in total. The van der Waals surface area contributed by atoms with Gasteiger partial charge in [-0.2, -0.15) is 0 Å². The molecule has 0 spiro atoms. The van der Waals surface area contributed by atoms with Gasteiger partial charge in [-0.05, 0) is 82.7 Å². The van der Waals surface area contributed by atoms with E-state index in [1.807, 2.05) is 24.3 Å². The van der Waals surface area contributed by atoms with E-state index in [9.17, 15) is 0 Å². The van der Waals surface area contributed by atoms with E-state index in [0.29, 0.717) is 0 Å². The fourth-order valence-electron chi connectivity index (χ4n) is 8.73. The number of nitrogens with zero attached hydrogens (tertiary/aromatic N) is 1. The molecule has 0 unspecified atom stereocenters. The van der Waals surface area contributed by atoms with Crippen molar-refractivity contribution in [2.75, 3.05) is 4.90 Å². The summed E-state index contributed by atoms with van der Waals surface area (Å²) in [5, 5.41) is 0. The van der Waals surface area contributed by atoms with Crippen LogP contribution in [-0.4, -0.2) is 21.0 Å². The Morgan fingerprint density at radius 3 is 1.71 bits per heavy atom. The van der Waals surface area contributed by atoms with E-state index < -0.39 is 13.5 Å². The van der Waals surface area contributed by atoms with Gasteiger partial charge < -0.3 is 4.90 Å². The monoisotopic (exact) mass is 804 g/mol. The van der Waals surface area contributed by atoms with E-state index in [-0.39, 0.29) is 11.0 Å². The number of aryl methyl sites for hydroxylation is 3.